The van der Waals surface area contributed by atoms with E-state index in [0.717, 1.165) is 6.42 Å². The van der Waals surface area contributed by atoms with Crippen LogP contribution in [0.15, 0.2) is 24.3 Å². The summed E-state index contributed by atoms with van der Waals surface area (Å²) in [6.07, 6.45) is 1.59. The second kappa shape index (κ2) is 6.06. The molecule has 2 atom stereocenters. The minimum absolute atomic E-state index is 0. The van der Waals surface area contributed by atoms with Gasteiger partial charge in [0, 0.05) is 18.5 Å². The number of halogens is 1. The maximum atomic E-state index is 11.3. The van der Waals surface area contributed by atoms with Gasteiger partial charge in [0.2, 0.25) is 0 Å². The van der Waals surface area contributed by atoms with Crippen molar-refractivity contribution in [3.63, 3.8) is 0 Å². The fourth-order valence-corrected chi connectivity index (χ4v) is 2.85. The molecule has 2 rings (SSSR count). The average molecular weight is 282 g/mol. The van der Waals surface area contributed by atoms with Crippen molar-refractivity contribution in [3.8, 4) is 0 Å². The van der Waals surface area contributed by atoms with E-state index in [2.05, 4.69) is 50.4 Å². The van der Waals surface area contributed by atoms with E-state index < -0.39 is 0 Å². The Hall–Kier alpha value is -0.860. The first-order chi connectivity index (χ1) is 8.38. The highest BCUT2D eigenvalue weighted by atomic mass is 35.5. The highest BCUT2D eigenvalue weighted by Gasteiger charge is 2.33. The number of carbonyl (C=O) groups is 1. The standard InChI is InChI=1S/C16H23NO.ClH/c1-11(18)9-13-10-12-7-5-6-8-14(12)15(17-13)16(2,3)4;/h5-8,13,15,17H,9-10H2,1-4H3;1H/t13-,15+;/m0./s1. The Morgan fingerprint density at radius 2 is 1.95 bits per heavy atom. The summed E-state index contributed by atoms with van der Waals surface area (Å²) in [6.45, 7) is 8.42. The predicted octanol–water partition coefficient (Wildman–Crippen LogP) is 3.69. The first-order valence-electron chi connectivity index (χ1n) is 6.71. The van der Waals surface area contributed by atoms with E-state index in [9.17, 15) is 4.79 Å². The van der Waals surface area contributed by atoms with Crippen molar-refractivity contribution < 1.29 is 4.79 Å². The number of nitrogens with one attached hydrogen (secondary N) is 1. The fourth-order valence-electron chi connectivity index (χ4n) is 2.85. The zero-order valence-corrected chi connectivity index (χ0v) is 13.0. The summed E-state index contributed by atoms with van der Waals surface area (Å²) in [4.78, 5) is 11.3. The number of benzene rings is 1. The van der Waals surface area contributed by atoms with Crippen molar-refractivity contribution in [2.24, 2.45) is 5.41 Å². The van der Waals surface area contributed by atoms with Gasteiger partial charge in [0.05, 0.1) is 0 Å². The van der Waals surface area contributed by atoms with Gasteiger partial charge in [-0.3, -0.25) is 4.79 Å². The van der Waals surface area contributed by atoms with Gasteiger partial charge < -0.3 is 5.32 Å². The van der Waals surface area contributed by atoms with Crippen LogP contribution in [-0.4, -0.2) is 11.8 Å². The lowest BCUT2D eigenvalue weighted by Gasteiger charge is -2.40. The molecule has 19 heavy (non-hydrogen) atoms. The van der Waals surface area contributed by atoms with Gasteiger partial charge in [-0.2, -0.15) is 0 Å². The van der Waals surface area contributed by atoms with Gasteiger partial charge in [-0.1, -0.05) is 45.0 Å². The van der Waals surface area contributed by atoms with Crippen molar-refractivity contribution in [2.45, 2.75) is 52.6 Å². The van der Waals surface area contributed by atoms with Gasteiger partial charge >= 0.3 is 0 Å². The molecule has 0 amide bonds. The lowest BCUT2D eigenvalue weighted by atomic mass is 9.76. The summed E-state index contributed by atoms with van der Waals surface area (Å²) >= 11 is 0. The fraction of sp³-hybridized carbons (Fsp3) is 0.562. The Bertz CT molecular complexity index is 450. The quantitative estimate of drug-likeness (QED) is 0.896. The molecular weight excluding hydrogens is 258 g/mol. The molecule has 1 aromatic rings. The molecule has 3 heteroatoms. The number of Topliss-reactive ketones (excluding diaryl/α,β-unsaturated/α-hetero) is 1. The zero-order valence-electron chi connectivity index (χ0n) is 12.2. The van der Waals surface area contributed by atoms with Crippen LogP contribution in [0.1, 0.15) is 51.3 Å². The lowest BCUT2D eigenvalue weighted by molar-refractivity contribution is -0.117. The van der Waals surface area contributed by atoms with Crippen LogP contribution in [0.2, 0.25) is 0 Å². The van der Waals surface area contributed by atoms with E-state index in [4.69, 9.17) is 0 Å². The number of fused-ring (bicyclic) bond motifs is 1. The Morgan fingerprint density at radius 3 is 2.53 bits per heavy atom. The molecule has 0 bridgehead atoms. The van der Waals surface area contributed by atoms with E-state index >= 15 is 0 Å². The van der Waals surface area contributed by atoms with Crippen LogP contribution in [0.3, 0.4) is 0 Å². The zero-order chi connectivity index (χ0) is 13.3. The maximum absolute atomic E-state index is 11.3. The van der Waals surface area contributed by atoms with Crippen molar-refractivity contribution in [1.82, 2.24) is 5.32 Å². The topological polar surface area (TPSA) is 29.1 Å². The summed E-state index contributed by atoms with van der Waals surface area (Å²) in [6, 6.07) is 9.21. The molecule has 1 heterocycles. The van der Waals surface area contributed by atoms with Crippen LogP contribution in [0, 0.1) is 5.41 Å². The van der Waals surface area contributed by atoms with Crippen LogP contribution in [0.4, 0.5) is 0 Å². The lowest BCUT2D eigenvalue weighted by Crippen LogP contribution is -2.45. The SMILES string of the molecule is CC(=O)C[C@H]1Cc2ccccc2[C@H](C(C)(C)C)N1.Cl. The molecule has 2 nitrogen and oxygen atoms in total. The van der Waals surface area contributed by atoms with Crippen molar-refractivity contribution in [1.29, 1.82) is 0 Å². The van der Waals surface area contributed by atoms with Gasteiger partial charge in [0.25, 0.3) is 0 Å². The van der Waals surface area contributed by atoms with Crippen molar-refractivity contribution >= 4 is 18.2 Å². The first kappa shape index (κ1) is 16.2. The van der Waals surface area contributed by atoms with E-state index in [1.165, 1.54) is 11.1 Å². The van der Waals surface area contributed by atoms with E-state index in [-0.39, 0.29) is 29.6 Å². The van der Waals surface area contributed by atoms with Crippen LogP contribution in [0.25, 0.3) is 0 Å². The van der Waals surface area contributed by atoms with Crippen LogP contribution >= 0.6 is 12.4 Å². The van der Waals surface area contributed by atoms with Crippen LogP contribution < -0.4 is 5.32 Å². The normalized spacial score (nSPS) is 22.3. The Kier molecular flexibility index (Phi) is 5.17. The molecule has 0 radical (unpaired) electrons. The second-order valence-corrected chi connectivity index (χ2v) is 6.47. The van der Waals surface area contributed by atoms with Crippen LogP contribution in [-0.2, 0) is 11.2 Å². The monoisotopic (exact) mass is 281 g/mol. The Morgan fingerprint density at radius 1 is 1.32 bits per heavy atom. The van der Waals surface area contributed by atoms with Gasteiger partial charge in [0.1, 0.15) is 5.78 Å². The summed E-state index contributed by atoms with van der Waals surface area (Å²) in [5.74, 6) is 0.263. The molecule has 0 saturated carbocycles. The van der Waals surface area contributed by atoms with Gasteiger partial charge in [-0.15, -0.1) is 12.4 Å². The number of hydrogen-bond acceptors (Lipinski definition) is 2. The Balaban J connectivity index is 0.00000180. The average Bonchev–Trinajstić information content (AvgIpc) is 2.25. The maximum Gasteiger partial charge on any atom is 0.131 e. The smallest absolute Gasteiger partial charge is 0.131 e. The van der Waals surface area contributed by atoms with E-state index in [0.29, 0.717) is 12.5 Å². The molecule has 1 aromatic carbocycles. The predicted molar refractivity (Wildman–Crippen MR) is 81.8 cm³/mol. The summed E-state index contributed by atoms with van der Waals surface area (Å²) in [5.41, 5.74) is 2.94. The highest BCUT2D eigenvalue weighted by molar-refractivity contribution is 5.85. The van der Waals surface area contributed by atoms with E-state index in [1.54, 1.807) is 6.92 Å². The number of hydrogen-bond donors (Lipinski definition) is 1. The summed E-state index contributed by atoms with van der Waals surface area (Å²) in [7, 11) is 0. The summed E-state index contributed by atoms with van der Waals surface area (Å²) < 4.78 is 0. The van der Waals surface area contributed by atoms with Crippen molar-refractivity contribution in [3.05, 3.63) is 35.4 Å². The third-order valence-electron chi connectivity index (χ3n) is 3.63. The molecule has 0 unspecified atom stereocenters. The molecular formula is C16H24ClNO. The molecule has 1 N–H and O–H groups in total. The Labute approximate surface area is 122 Å². The number of rotatable bonds is 2. The van der Waals surface area contributed by atoms with Gasteiger partial charge in [-0.25, -0.2) is 0 Å². The molecule has 1 aliphatic rings. The second-order valence-electron chi connectivity index (χ2n) is 6.47. The van der Waals surface area contributed by atoms with Crippen molar-refractivity contribution in [2.75, 3.05) is 0 Å². The highest BCUT2D eigenvalue weighted by Crippen LogP contribution is 2.38. The molecule has 0 aliphatic carbocycles. The summed E-state index contributed by atoms with van der Waals surface area (Å²) in [5, 5.41) is 3.66. The van der Waals surface area contributed by atoms with Gasteiger partial charge in [-0.05, 0) is 29.9 Å². The minimum atomic E-state index is 0. The molecule has 0 spiro atoms. The number of carbonyl (C=O) groups excluding carboxylic acids is 1. The molecule has 106 valence electrons. The third kappa shape index (κ3) is 3.80. The molecule has 0 aromatic heterocycles. The minimum Gasteiger partial charge on any atom is -0.306 e. The molecule has 0 fully saturated rings. The first-order valence-corrected chi connectivity index (χ1v) is 6.71. The largest absolute Gasteiger partial charge is 0.306 e. The van der Waals surface area contributed by atoms with E-state index in [1.807, 2.05) is 0 Å². The molecule has 0 saturated heterocycles. The van der Waals surface area contributed by atoms with Crippen LogP contribution in [0.5, 0.6) is 0 Å². The third-order valence-corrected chi connectivity index (χ3v) is 3.63. The number of ketones is 1. The molecule has 1 aliphatic heterocycles. The van der Waals surface area contributed by atoms with Gasteiger partial charge in [0.15, 0.2) is 0 Å².